The number of hydrogen-bond acceptors (Lipinski definition) is 3. The summed E-state index contributed by atoms with van der Waals surface area (Å²) in [5, 5.41) is 11.3. The number of nitrogens with two attached hydrogens (primary N) is 1. The minimum Gasteiger partial charge on any atom is -0.480 e. The van der Waals surface area contributed by atoms with Gasteiger partial charge in [0.25, 0.3) is 0 Å². The fourth-order valence-corrected chi connectivity index (χ4v) is 3.02. The van der Waals surface area contributed by atoms with Crippen molar-refractivity contribution in [2.75, 3.05) is 0 Å². The summed E-state index contributed by atoms with van der Waals surface area (Å²) in [6, 6.07) is -1.23. The second-order valence-corrected chi connectivity index (χ2v) is 7.46. The van der Waals surface area contributed by atoms with E-state index in [1.807, 2.05) is 0 Å². The third kappa shape index (κ3) is 17.6. The molecular formula is C22H40N2O4. The summed E-state index contributed by atoms with van der Waals surface area (Å²) in [5.74, 6) is -2.32. The van der Waals surface area contributed by atoms with Crippen LogP contribution in [0, 0.1) is 0 Å². The van der Waals surface area contributed by atoms with Crippen LogP contribution in [-0.4, -0.2) is 28.9 Å². The van der Waals surface area contributed by atoms with Gasteiger partial charge < -0.3 is 16.2 Å². The highest BCUT2D eigenvalue weighted by atomic mass is 16.4. The summed E-state index contributed by atoms with van der Waals surface area (Å²) < 4.78 is 0. The second kappa shape index (κ2) is 18.5. The molecule has 6 nitrogen and oxygen atoms in total. The molecule has 162 valence electrons. The number of carbonyl (C=O) groups excluding carboxylic acids is 2. The zero-order valence-electron chi connectivity index (χ0n) is 17.6. The Hall–Kier alpha value is -1.85. The van der Waals surface area contributed by atoms with Crippen molar-refractivity contribution in [1.82, 2.24) is 5.32 Å². The molecule has 0 heterocycles. The average molecular weight is 397 g/mol. The maximum atomic E-state index is 11.7. The second-order valence-electron chi connectivity index (χ2n) is 7.46. The lowest BCUT2D eigenvalue weighted by Crippen LogP contribution is -2.43. The van der Waals surface area contributed by atoms with Crippen LogP contribution in [-0.2, 0) is 14.4 Å². The van der Waals surface area contributed by atoms with Gasteiger partial charge in [-0.1, -0.05) is 70.4 Å². The number of nitrogens with one attached hydrogen (secondary N) is 1. The molecule has 0 radical (unpaired) electrons. The third-order valence-corrected chi connectivity index (χ3v) is 4.70. The van der Waals surface area contributed by atoms with Crippen molar-refractivity contribution in [3.63, 3.8) is 0 Å². The Morgan fingerprint density at radius 1 is 0.857 bits per heavy atom. The topological polar surface area (TPSA) is 109 Å². The Morgan fingerprint density at radius 2 is 1.36 bits per heavy atom. The van der Waals surface area contributed by atoms with Crippen molar-refractivity contribution < 1.29 is 19.5 Å². The summed E-state index contributed by atoms with van der Waals surface area (Å²) in [4.78, 5) is 33.5. The summed E-state index contributed by atoms with van der Waals surface area (Å²) in [7, 11) is 0. The molecular weight excluding hydrogens is 356 g/mol. The average Bonchev–Trinajstić information content (AvgIpc) is 2.64. The number of amides is 2. The van der Waals surface area contributed by atoms with E-state index in [1.165, 1.54) is 51.4 Å². The molecule has 6 heteroatoms. The third-order valence-electron chi connectivity index (χ3n) is 4.70. The number of hydrogen-bond donors (Lipinski definition) is 3. The SMILES string of the molecule is CCCCCCCC/C=C\CCCCCCCC(=O)N[C@@H](CC(N)=O)C(=O)O. The quantitative estimate of drug-likeness (QED) is 0.221. The van der Waals surface area contributed by atoms with Gasteiger partial charge in [-0.15, -0.1) is 0 Å². The monoisotopic (exact) mass is 396 g/mol. The lowest BCUT2D eigenvalue weighted by molar-refractivity contribution is -0.143. The highest BCUT2D eigenvalue weighted by Crippen LogP contribution is 2.10. The predicted octanol–water partition coefficient (Wildman–Crippen LogP) is 4.47. The lowest BCUT2D eigenvalue weighted by Gasteiger charge is -2.12. The molecule has 0 saturated carbocycles. The molecule has 0 rings (SSSR count). The Morgan fingerprint density at radius 3 is 1.86 bits per heavy atom. The molecule has 0 aliphatic heterocycles. The van der Waals surface area contributed by atoms with Gasteiger partial charge in [-0.2, -0.15) is 0 Å². The highest BCUT2D eigenvalue weighted by Gasteiger charge is 2.21. The fraction of sp³-hybridized carbons (Fsp3) is 0.773. The number of carboxylic acid groups (broad SMARTS) is 1. The number of primary amides is 1. The van der Waals surface area contributed by atoms with Gasteiger partial charge in [0, 0.05) is 6.42 Å². The number of unbranched alkanes of at least 4 members (excludes halogenated alkanes) is 11. The minimum absolute atomic E-state index is 0.278. The maximum absolute atomic E-state index is 11.7. The molecule has 0 unspecified atom stereocenters. The maximum Gasteiger partial charge on any atom is 0.326 e. The van der Waals surface area contributed by atoms with Gasteiger partial charge in [-0.05, 0) is 32.1 Å². The van der Waals surface area contributed by atoms with E-state index in [0.717, 1.165) is 32.1 Å². The number of carboxylic acids is 1. The molecule has 4 N–H and O–H groups in total. The van der Waals surface area contributed by atoms with Crippen molar-refractivity contribution in [1.29, 1.82) is 0 Å². The molecule has 0 aliphatic rings. The molecule has 0 aromatic rings. The normalized spacial score (nSPS) is 12.2. The Labute approximate surface area is 170 Å². The van der Waals surface area contributed by atoms with Gasteiger partial charge >= 0.3 is 5.97 Å². The van der Waals surface area contributed by atoms with E-state index in [0.29, 0.717) is 0 Å². The van der Waals surface area contributed by atoms with Crippen LogP contribution in [0.15, 0.2) is 12.2 Å². The van der Waals surface area contributed by atoms with E-state index in [9.17, 15) is 14.4 Å². The molecule has 2 amide bonds. The van der Waals surface area contributed by atoms with Crippen LogP contribution >= 0.6 is 0 Å². The van der Waals surface area contributed by atoms with Gasteiger partial charge in [0.2, 0.25) is 11.8 Å². The Bertz CT molecular complexity index is 463. The lowest BCUT2D eigenvalue weighted by atomic mass is 10.1. The molecule has 0 spiro atoms. The van der Waals surface area contributed by atoms with Gasteiger partial charge in [-0.3, -0.25) is 9.59 Å². The van der Waals surface area contributed by atoms with Gasteiger partial charge in [-0.25, -0.2) is 4.79 Å². The standard InChI is InChI=1S/C22H40N2O4/c1-2-3-4-5-6-7-8-9-10-11-12-13-14-15-16-17-21(26)24-19(22(27)28)18-20(23)25/h9-10,19H,2-8,11-18H2,1H3,(H2,23,25)(H,24,26)(H,27,28)/b10-9-/t19-/m0/s1. The number of allylic oxidation sites excluding steroid dienone is 2. The molecule has 0 aromatic carbocycles. The molecule has 0 aromatic heterocycles. The number of rotatable bonds is 19. The van der Waals surface area contributed by atoms with E-state index < -0.39 is 17.9 Å². The summed E-state index contributed by atoms with van der Waals surface area (Å²) in [6.07, 6.45) is 19.9. The predicted molar refractivity (Wildman–Crippen MR) is 113 cm³/mol. The largest absolute Gasteiger partial charge is 0.480 e. The molecule has 0 bridgehead atoms. The van der Waals surface area contributed by atoms with E-state index in [2.05, 4.69) is 24.4 Å². The summed E-state index contributed by atoms with van der Waals surface area (Å²) in [5.41, 5.74) is 4.98. The van der Waals surface area contributed by atoms with Crippen LogP contribution in [0.4, 0.5) is 0 Å². The van der Waals surface area contributed by atoms with Crippen LogP contribution in [0.3, 0.4) is 0 Å². The van der Waals surface area contributed by atoms with E-state index in [4.69, 9.17) is 10.8 Å². The van der Waals surface area contributed by atoms with Crippen molar-refractivity contribution in [2.45, 2.75) is 109 Å². The first-order valence-electron chi connectivity index (χ1n) is 10.9. The van der Waals surface area contributed by atoms with Crippen LogP contribution in [0.5, 0.6) is 0 Å². The molecule has 28 heavy (non-hydrogen) atoms. The van der Waals surface area contributed by atoms with Crippen molar-refractivity contribution in [3.8, 4) is 0 Å². The molecule has 1 atom stereocenters. The van der Waals surface area contributed by atoms with E-state index in [-0.39, 0.29) is 18.7 Å². The van der Waals surface area contributed by atoms with Crippen LogP contribution in [0.2, 0.25) is 0 Å². The number of carbonyl (C=O) groups is 3. The van der Waals surface area contributed by atoms with E-state index >= 15 is 0 Å². The van der Waals surface area contributed by atoms with Crippen LogP contribution in [0.25, 0.3) is 0 Å². The summed E-state index contributed by atoms with van der Waals surface area (Å²) >= 11 is 0. The smallest absolute Gasteiger partial charge is 0.326 e. The van der Waals surface area contributed by atoms with Crippen LogP contribution < -0.4 is 11.1 Å². The highest BCUT2D eigenvalue weighted by molar-refractivity contribution is 5.88. The fourth-order valence-electron chi connectivity index (χ4n) is 3.02. The molecule has 0 saturated heterocycles. The zero-order chi connectivity index (χ0) is 21.0. The molecule has 0 aliphatic carbocycles. The van der Waals surface area contributed by atoms with Crippen molar-refractivity contribution in [2.24, 2.45) is 5.73 Å². The zero-order valence-corrected chi connectivity index (χ0v) is 17.6. The first kappa shape index (κ1) is 26.1. The van der Waals surface area contributed by atoms with Gasteiger partial charge in [0.1, 0.15) is 6.04 Å². The van der Waals surface area contributed by atoms with Crippen molar-refractivity contribution >= 4 is 17.8 Å². The van der Waals surface area contributed by atoms with Crippen LogP contribution in [0.1, 0.15) is 103 Å². The summed E-state index contributed by atoms with van der Waals surface area (Å²) in [6.45, 7) is 2.24. The first-order chi connectivity index (χ1) is 13.5. The van der Waals surface area contributed by atoms with Gasteiger partial charge in [0.15, 0.2) is 0 Å². The van der Waals surface area contributed by atoms with E-state index in [1.54, 1.807) is 0 Å². The first-order valence-corrected chi connectivity index (χ1v) is 10.9. The molecule has 0 fully saturated rings. The number of aliphatic carboxylic acids is 1. The Balaban J connectivity index is 3.51. The van der Waals surface area contributed by atoms with Crippen molar-refractivity contribution in [3.05, 3.63) is 12.2 Å². The minimum atomic E-state index is -1.24. The Kier molecular flexibility index (Phi) is 17.3. The van der Waals surface area contributed by atoms with Gasteiger partial charge in [0.05, 0.1) is 6.42 Å².